The minimum Gasteiger partial charge on any atom is -0.462 e. The van der Waals surface area contributed by atoms with Crippen LogP contribution in [0.1, 0.15) is 22.8 Å². The molecule has 2 aromatic carbocycles. The summed E-state index contributed by atoms with van der Waals surface area (Å²) < 4.78 is 11.5. The Morgan fingerprint density at radius 3 is 2.42 bits per heavy atom. The Bertz CT molecular complexity index is 931. The number of amides is 1. The van der Waals surface area contributed by atoms with E-state index in [1.54, 1.807) is 54.6 Å². The fraction of sp³-hybridized carbons (Fsp3) is 0.304. The van der Waals surface area contributed by atoms with Gasteiger partial charge in [-0.25, -0.2) is 0 Å². The number of ether oxygens (including phenoxy) is 2. The lowest BCUT2D eigenvalue weighted by Gasteiger charge is -2.42. The first kappa shape index (κ1) is 22.6. The van der Waals surface area contributed by atoms with E-state index in [0.29, 0.717) is 16.9 Å². The number of nitrogens with one attached hydrogen (secondary N) is 1. The van der Waals surface area contributed by atoms with Gasteiger partial charge < -0.3 is 30.1 Å². The summed E-state index contributed by atoms with van der Waals surface area (Å²) in [6, 6.07) is 14.6. The molecule has 1 fully saturated rings. The van der Waals surface area contributed by atoms with E-state index in [9.17, 15) is 24.9 Å². The number of allylic oxidation sites excluding steroid dienone is 1. The van der Waals surface area contributed by atoms with E-state index in [1.807, 2.05) is 6.07 Å². The topological polar surface area (TPSA) is 125 Å². The minimum absolute atomic E-state index is 0.181. The van der Waals surface area contributed by atoms with Gasteiger partial charge in [0.15, 0.2) is 5.78 Å². The Hall–Kier alpha value is -3.04. The molecule has 164 valence electrons. The van der Waals surface area contributed by atoms with E-state index in [0.717, 1.165) is 0 Å². The molecule has 0 aromatic heterocycles. The number of carbonyl (C=O) groups is 2. The molecular weight excluding hydrogens is 402 g/mol. The molecule has 1 saturated heterocycles. The van der Waals surface area contributed by atoms with Gasteiger partial charge in [-0.2, -0.15) is 0 Å². The Morgan fingerprint density at radius 2 is 1.74 bits per heavy atom. The highest BCUT2D eigenvalue weighted by molar-refractivity contribution is 6.06. The van der Waals surface area contributed by atoms with Crippen LogP contribution in [-0.2, 0) is 9.53 Å². The van der Waals surface area contributed by atoms with Gasteiger partial charge in [-0.15, -0.1) is 0 Å². The van der Waals surface area contributed by atoms with Crippen molar-refractivity contribution in [3.8, 4) is 5.75 Å². The number of carbonyl (C=O) groups excluding carboxylic acids is 2. The van der Waals surface area contributed by atoms with Crippen LogP contribution in [0.4, 0.5) is 0 Å². The maximum absolute atomic E-state index is 12.4. The van der Waals surface area contributed by atoms with Crippen molar-refractivity contribution in [3.63, 3.8) is 0 Å². The van der Waals surface area contributed by atoms with Crippen LogP contribution in [0, 0.1) is 0 Å². The number of aliphatic hydroxyl groups is 3. The van der Waals surface area contributed by atoms with Crippen LogP contribution in [0.15, 0.2) is 60.7 Å². The highest BCUT2D eigenvalue weighted by atomic mass is 16.7. The molecule has 0 aliphatic carbocycles. The molecule has 3 rings (SSSR count). The number of hydrogen-bond acceptors (Lipinski definition) is 7. The molecule has 0 bridgehead atoms. The van der Waals surface area contributed by atoms with Gasteiger partial charge in [-0.05, 0) is 18.2 Å². The van der Waals surface area contributed by atoms with Crippen LogP contribution >= 0.6 is 0 Å². The van der Waals surface area contributed by atoms with E-state index in [1.165, 1.54) is 13.0 Å². The molecule has 2 aromatic rings. The molecule has 1 heterocycles. The fourth-order valence-corrected chi connectivity index (χ4v) is 3.29. The van der Waals surface area contributed by atoms with E-state index >= 15 is 0 Å². The molecule has 0 radical (unpaired) electrons. The van der Waals surface area contributed by atoms with Crippen LogP contribution in [0.25, 0.3) is 6.08 Å². The largest absolute Gasteiger partial charge is 0.462 e. The highest BCUT2D eigenvalue weighted by Crippen LogP contribution is 2.27. The third kappa shape index (κ3) is 5.56. The summed E-state index contributed by atoms with van der Waals surface area (Å²) in [7, 11) is 0. The average molecular weight is 427 g/mol. The predicted molar refractivity (Wildman–Crippen MR) is 112 cm³/mol. The summed E-state index contributed by atoms with van der Waals surface area (Å²) >= 11 is 0. The van der Waals surface area contributed by atoms with Crippen LogP contribution in [0.3, 0.4) is 0 Å². The van der Waals surface area contributed by atoms with E-state index in [2.05, 4.69) is 5.32 Å². The summed E-state index contributed by atoms with van der Waals surface area (Å²) in [4.78, 5) is 23.9. The number of aliphatic hydroxyl groups excluding tert-OH is 3. The first-order valence-electron chi connectivity index (χ1n) is 9.83. The molecule has 0 spiro atoms. The molecule has 5 atom stereocenters. The molecule has 8 heteroatoms. The molecule has 31 heavy (non-hydrogen) atoms. The van der Waals surface area contributed by atoms with E-state index in [-0.39, 0.29) is 5.78 Å². The van der Waals surface area contributed by atoms with Gasteiger partial charge in [0.05, 0.1) is 6.61 Å². The SMILES string of the molecule is CC(=O)N[C@H]1[C@H](Oc2ccccc2/C=C/C(=O)c2ccccc2)O[C@H](CO)[C@@H](O)[C@@H]1O. The zero-order chi connectivity index (χ0) is 22.4. The lowest BCUT2D eigenvalue weighted by atomic mass is 9.97. The first-order chi connectivity index (χ1) is 14.9. The molecule has 1 aliphatic heterocycles. The maximum atomic E-state index is 12.4. The summed E-state index contributed by atoms with van der Waals surface area (Å²) in [5.74, 6) is -0.294. The van der Waals surface area contributed by atoms with Gasteiger partial charge in [0.1, 0.15) is 30.1 Å². The normalized spacial score (nSPS) is 25.9. The Balaban J connectivity index is 1.83. The Morgan fingerprint density at radius 1 is 1.06 bits per heavy atom. The van der Waals surface area contributed by atoms with Crippen molar-refractivity contribution in [2.24, 2.45) is 0 Å². The fourth-order valence-electron chi connectivity index (χ4n) is 3.29. The van der Waals surface area contributed by atoms with Crippen LogP contribution in [0.2, 0.25) is 0 Å². The van der Waals surface area contributed by atoms with Gasteiger partial charge >= 0.3 is 0 Å². The molecule has 0 saturated carbocycles. The van der Waals surface area contributed by atoms with Crippen molar-refractivity contribution in [1.29, 1.82) is 0 Å². The monoisotopic (exact) mass is 427 g/mol. The van der Waals surface area contributed by atoms with Crippen LogP contribution in [0.5, 0.6) is 5.75 Å². The summed E-state index contributed by atoms with van der Waals surface area (Å²) in [5, 5.41) is 32.5. The molecule has 8 nitrogen and oxygen atoms in total. The first-order valence-corrected chi connectivity index (χ1v) is 9.83. The number of rotatable bonds is 7. The van der Waals surface area contributed by atoms with E-state index < -0.39 is 43.2 Å². The van der Waals surface area contributed by atoms with E-state index in [4.69, 9.17) is 9.47 Å². The minimum atomic E-state index is -1.41. The zero-order valence-corrected chi connectivity index (χ0v) is 16.9. The number of para-hydroxylation sites is 1. The maximum Gasteiger partial charge on any atom is 0.223 e. The highest BCUT2D eigenvalue weighted by Gasteiger charge is 2.46. The van der Waals surface area contributed by atoms with Crippen molar-refractivity contribution in [3.05, 3.63) is 71.8 Å². The lowest BCUT2D eigenvalue weighted by Crippen LogP contribution is -2.65. The van der Waals surface area contributed by atoms with Crippen LogP contribution in [-0.4, -0.2) is 64.3 Å². The van der Waals surface area contributed by atoms with Gasteiger partial charge in [0.2, 0.25) is 12.2 Å². The Kier molecular flexibility index (Phi) is 7.54. The molecule has 1 aliphatic rings. The van der Waals surface area contributed by atoms with Gasteiger partial charge in [-0.3, -0.25) is 9.59 Å². The summed E-state index contributed by atoms with van der Waals surface area (Å²) in [6.45, 7) is 0.720. The second kappa shape index (κ2) is 10.3. The smallest absolute Gasteiger partial charge is 0.223 e. The summed E-state index contributed by atoms with van der Waals surface area (Å²) in [6.07, 6.45) is -2.08. The number of hydrogen-bond donors (Lipinski definition) is 4. The molecule has 0 unspecified atom stereocenters. The van der Waals surface area contributed by atoms with Crippen molar-refractivity contribution >= 4 is 17.8 Å². The predicted octanol–water partition coefficient (Wildman–Crippen LogP) is 0.905. The quantitative estimate of drug-likeness (QED) is 0.382. The van der Waals surface area contributed by atoms with Gasteiger partial charge in [0, 0.05) is 18.1 Å². The average Bonchev–Trinajstić information content (AvgIpc) is 2.78. The Labute approximate surface area is 179 Å². The van der Waals surface area contributed by atoms with Crippen molar-refractivity contribution < 1.29 is 34.4 Å². The summed E-state index contributed by atoms with van der Waals surface area (Å²) in [5.41, 5.74) is 1.11. The van der Waals surface area contributed by atoms with Gasteiger partial charge in [-0.1, -0.05) is 48.5 Å². The third-order valence-electron chi connectivity index (χ3n) is 4.89. The number of benzene rings is 2. The van der Waals surface area contributed by atoms with Crippen molar-refractivity contribution in [2.75, 3.05) is 6.61 Å². The second-order valence-electron chi connectivity index (χ2n) is 7.15. The lowest BCUT2D eigenvalue weighted by molar-refractivity contribution is -0.244. The zero-order valence-electron chi connectivity index (χ0n) is 16.9. The molecule has 1 amide bonds. The standard InChI is InChI=1S/C23H25NO7/c1-14(26)24-20-22(29)21(28)19(13-25)31-23(20)30-18-10-6-5-9-16(18)11-12-17(27)15-7-3-2-4-8-15/h2-12,19-23,25,28-29H,13H2,1H3,(H,24,26)/b12-11+/t19-,20-,21-,22-,23-/m1/s1. The second-order valence-corrected chi connectivity index (χ2v) is 7.15. The van der Waals surface area contributed by atoms with Gasteiger partial charge in [0.25, 0.3) is 0 Å². The third-order valence-corrected chi connectivity index (χ3v) is 4.89. The van der Waals surface area contributed by atoms with Crippen molar-refractivity contribution in [2.45, 2.75) is 37.6 Å². The number of ketones is 1. The van der Waals surface area contributed by atoms with Crippen molar-refractivity contribution in [1.82, 2.24) is 5.32 Å². The molecular formula is C23H25NO7. The van der Waals surface area contributed by atoms with Crippen LogP contribution < -0.4 is 10.1 Å². The molecule has 4 N–H and O–H groups in total.